The molecule has 0 aromatic heterocycles. The molecule has 4 aromatic rings. The van der Waals surface area contributed by atoms with E-state index in [-0.39, 0.29) is 36.3 Å². The number of allylic oxidation sites excluding steroid dienone is 2. The van der Waals surface area contributed by atoms with Crippen LogP contribution in [0, 0.1) is 23.7 Å². The number of phenols is 1. The number of benzene rings is 4. The molecule has 9 heteroatoms. The fourth-order valence-electron chi connectivity index (χ4n) is 9.01. The van der Waals surface area contributed by atoms with Crippen molar-refractivity contribution in [3.8, 4) is 11.5 Å². The van der Waals surface area contributed by atoms with Gasteiger partial charge in [0.25, 0.3) is 0 Å². The number of phenolic OH excluding ortho intramolecular Hbond substituents is 1. The summed E-state index contributed by atoms with van der Waals surface area (Å²) in [5.41, 5.74) is 1.50. The van der Waals surface area contributed by atoms with E-state index in [1.54, 1.807) is 42.5 Å². The van der Waals surface area contributed by atoms with Crippen LogP contribution in [-0.4, -0.2) is 40.7 Å². The number of imide groups is 2. The molecule has 8 rings (SSSR count). The number of carbonyl (C=O) groups excluding carboxylic acids is 4. The molecule has 0 radical (unpaired) electrons. The molecular formula is C40H33ClN2O6. The average Bonchev–Trinajstić information content (AvgIpc) is 3.50. The molecule has 1 N–H and O–H groups in total. The van der Waals surface area contributed by atoms with Crippen LogP contribution < -0.4 is 9.64 Å². The Morgan fingerprint density at radius 2 is 1.55 bits per heavy atom. The minimum atomic E-state index is -1.49. The van der Waals surface area contributed by atoms with Crippen LogP contribution in [0.5, 0.6) is 11.5 Å². The molecule has 246 valence electrons. The Labute approximate surface area is 288 Å². The summed E-state index contributed by atoms with van der Waals surface area (Å²) in [4.78, 5) is 61.0. The van der Waals surface area contributed by atoms with E-state index in [4.69, 9.17) is 16.3 Å². The summed E-state index contributed by atoms with van der Waals surface area (Å²) in [7, 11) is 1.46. The molecule has 1 saturated carbocycles. The number of methoxy groups -OCH3 is 1. The smallest absolute Gasteiger partial charge is 0.246 e. The number of likely N-dealkylation sites (tertiary alicyclic amines) is 1. The van der Waals surface area contributed by atoms with Crippen LogP contribution >= 0.6 is 11.6 Å². The molecule has 4 aliphatic rings. The lowest BCUT2D eigenvalue weighted by Crippen LogP contribution is -2.53. The maximum atomic E-state index is 15.3. The zero-order valence-corrected chi connectivity index (χ0v) is 27.4. The first kappa shape index (κ1) is 31.1. The van der Waals surface area contributed by atoms with Crippen LogP contribution in [0.25, 0.3) is 0 Å². The molecule has 0 bridgehead atoms. The van der Waals surface area contributed by atoms with Crippen LogP contribution in [-0.2, 0) is 31.1 Å². The molecule has 8 nitrogen and oxygen atoms in total. The number of carbonyl (C=O) groups is 4. The lowest BCUT2D eigenvalue weighted by molar-refractivity contribution is -0.141. The topological polar surface area (TPSA) is 104 Å². The molecule has 4 amide bonds. The Hall–Kier alpha value is -5.21. The highest BCUT2D eigenvalue weighted by atomic mass is 35.5. The summed E-state index contributed by atoms with van der Waals surface area (Å²) in [5.74, 6) is -4.93. The largest absolute Gasteiger partial charge is 0.504 e. The van der Waals surface area contributed by atoms with Gasteiger partial charge in [0.2, 0.25) is 23.6 Å². The van der Waals surface area contributed by atoms with E-state index in [2.05, 4.69) is 0 Å². The van der Waals surface area contributed by atoms with Crippen molar-refractivity contribution >= 4 is 40.9 Å². The van der Waals surface area contributed by atoms with E-state index >= 15 is 4.79 Å². The van der Waals surface area contributed by atoms with Gasteiger partial charge < -0.3 is 9.84 Å². The van der Waals surface area contributed by atoms with Crippen molar-refractivity contribution in [2.24, 2.45) is 23.7 Å². The molecule has 49 heavy (non-hydrogen) atoms. The number of anilines is 1. The van der Waals surface area contributed by atoms with Crippen molar-refractivity contribution in [3.63, 3.8) is 0 Å². The van der Waals surface area contributed by atoms with Gasteiger partial charge in [-0.3, -0.25) is 24.1 Å². The Bertz CT molecular complexity index is 2050. The lowest BCUT2D eigenvalue weighted by atomic mass is 9.49. The van der Waals surface area contributed by atoms with Gasteiger partial charge in [-0.05, 0) is 54.2 Å². The maximum Gasteiger partial charge on any atom is 0.246 e. The van der Waals surface area contributed by atoms with Crippen molar-refractivity contribution in [2.45, 2.75) is 30.7 Å². The van der Waals surface area contributed by atoms with Crippen LogP contribution in [0.3, 0.4) is 0 Å². The second-order valence-electron chi connectivity index (χ2n) is 13.2. The highest BCUT2D eigenvalue weighted by Gasteiger charge is 2.70. The van der Waals surface area contributed by atoms with Crippen molar-refractivity contribution in [3.05, 3.63) is 136 Å². The van der Waals surface area contributed by atoms with Crippen molar-refractivity contribution in [1.82, 2.24) is 4.90 Å². The van der Waals surface area contributed by atoms with E-state index in [1.165, 1.54) is 16.9 Å². The number of hydrogen-bond donors (Lipinski definition) is 1. The number of fused-ring (bicyclic) bond motifs is 4. The van der Waals surface area contributed by atoms with Gasteiger partial charge in [0, 0.05) is 16.5 Å². The van der Waals surface area contributed by atoms with Gasteiger partial charge in [0.1, 0.15) is 0 Å². The minimum absolute atomic E-state index is 0.145. The Kier molecular flexibility index (Phi) is 7.45. The summed E-state index contributed by atoms with van der Waals surface area (Å²) >= 11 is 6.38. The third kappa shape index (κ3) is 4.50. The zero-order valence-electron chi connectivity index (χ0n) is 26.7. The average molecular weight is 673 g/mol. The normalized spacial score (nSPS) is 27.5. The monoisotopic (exact) mass is 672 g/mol. The van der Waals surface area contributed by atoms with E-state index in [0.29, 0.717) is 28.3 Å². The summed E-state index contributed by atoms with van der Waals surface area (Å²) < 4.78 is 5.53. The zero-order chi connectivity index (χ0) is 34.0. The Balaban J connectivity index is 1.34. The first-order valence-electron chi connectivity index (χ1n) is 16.4. The fourth-order valence-corrected chi connectivity index (χ4v) is 9.20. The Morgan fingerprint density at radius 3 is 2.27 bits per heavy atom. The highest BCUT2D eigenvalue weighted by Crippen LogP contribution is 2.65. The minimum Gasteiger partial charge on any atom is -0.504 e. The van der Waals surface area contributed by atoms with Gasteiger partial charge in [0.05, 0.1) is 42.5 Å². The molecule has 6 atom stereocenters. The third-order valence-electron chi connectivity index (χ3n) is 11.0. The van der Waals surface area contributed by atoms with Crippen molar-refractivity contribution in [1.29, 1.82) is 0 Å². The second-order valence-corrected chi connectivity index (χ2v) is 13.7. The van der Waals surface area contributed by atoms with Crippen molar-refractivity contribution < 1.29 is 29.0 Å². The van der Waals surface area contributed by atoms with Crippen LogP contribution in [0.15, 0.2) is 115 Å². The molecule has 0 unspecified atom stereocenters. The van der Waals surface area contributed by atoms with E-state index < -0.39 is 46.8 Å². The lowest BCUT2D eigenvalue weighted by Gasteiger charge is -2.50. The molecule has 3 fully saturated rings. The van der Waals surface area contributed by atoms with E-state index in [0.717, 1.165) is 11.1 Å². The molecule has 2 heterocycles. The number of halogens is 1. The number of amides is 4. The molecule has 2 aliphatic carbocycles. The fraction of sp³-hybridized carbons (Fsp3) is 0.250. The standard InChI is InChI=1S/C40H33ClN2O6/c1-49-32-17-9-16-29(35(32)44)34-27-18-19-28-33(38(47)42(36(28)45)22-23-10-4-2-5-11-23)30(27)21-31-37(46)43(26-15-8-14-25(41)20-26)39(48)40(31,34)24-12-6-3-7-13-24/h2-18,20,28,30-31,33-34,44H,19,21-22H2,1H3/t28-,30+,31-,33-,34+,40+/m0/s1. The predicted octanol–water partition coefficient (Wildman–Crippen LogP) is 6.42. The summed E-state index contributed by atoms with van der Waals surface area (Å²) in [6, 6.07) is 30.4. The first-order valence-corrected chi connectivity index (χ1v) is 16.8. The highest BCUT2D eigenvalue weighted by molar-refractivity contribution is 6.32. The Morgan fingerprint density at radius 1 is 0.837 bits per heavy atom. The maximum absolute atomic E-state index is 15.3. The second kappa shape index (κ2) is 11.7. The van der Waals surface area contributed by atoms with Gasteiger partial charge in [-0.2, -0.15) is 0 Å². The van der Waals surface area contributed by atoms with Crippen LogP contribution in [0.2, 0.25) is 5.02 Å². The van der Waals surface area contributed by atoms with E-state index in [1.807, 2.05) is 66.7 Å². The number of rotatable bonds is 6. The third-order valence-corrected chi connectivity index (χ3v) is 11.2. The van der Waals surface area contributed by atoms with Gasteiger partial charge >= 0.3 is 0 Å². The summed E-state index contributed by atoms with van der Waals surface area (Å²) in [6.07, 6.45) is 2.44. The predicted molar refractivity (Wildman–Crippen MR) is 183 cm³/mol. The summed E-state index contributed by atoms with van der Waals surface area (Å²) in [6.45, 7) is 0.158. The van der Waals surface area contributed by atoms with Crippen molar-refractivity contribution in [2.75, 3.05) is 12.0 Å². The SMILES string of the molecule is COc1cccc([C@H]2C3=CC[C@@H]4C(=O)N(Cc5ccccc5)C(=O)[C@@H]4[C@@H]3C[C@H]3C(=O)N(c4cccc(Cl)c4)C(=O)[C@@]23c2ccccc2)c1O. The quantitative estimate of drug-likeness (QED) is 0.187. The first-order chi connectivity index (χ1) is 23.8. The number of aromatic hydroxyl groups is 1. The van der Waals surface area contributed by atoms with Crippen LogP contribution in [0.4, 0.5) is 5.69 Å². The number of nitrogens with zero attached hydrogens (tertiary/aromatic N) is 2. The van der Waals surface area contributed by atoms with Gasteiger partial charge in [0.15, 0.2) is 11.5 Å². The molecule has 2 aliphatic heterocycles. The number of hydrogen-bond acceptors (Lipinski definition) is 6. The summed E-state index contributed by atoms with van der Waals surface area (Å²) in [5, 5.41) is 12.1. The molecule has 2 saturated heterocycles. The number of para-hydroxylation sites is 1. The molecule has 0 spiro atoms. The van der Waals surface area contributed by atoms with Gasteiger partial charge in [-0.25, -0.2) is 4.90 Å². The van der Waals surface area contributed by atoms with Crippen LogP contribution in [0.1, 0.15) is 35.4 Å². The molecular weight excluding hydrogens is 640 g/mol. The van der Waals surface area contributed by atoms with Gasteiger partial charge in [-0.15, -0.1) is 0 Å². The van der Waals surface area contributed by atoms with E-state index in [9.17, 15) is 19.5 Å². The van der Waals surface area contributed by atoms with Gasteiger partial charge in [-0.1, -0.05) is 102 Å². The number of ether oxygens (including phenoxy) is 1. The molecule has 4 aromatic carbocycles.